The first-order chi connectivity index (χ1) is 8.07. The fourth-order valence-corrected chi connectivity index (χ4v) is 4.51. The normalized spacial score (nSPS) is 31.9. The maximum atomic E-state index is 11.3. The molecule has 0 radical (unpaired) electrons. The smallest absolute Gasteiger partial charge is 0.267 e. The predicted octanol–water partition coefficient (Wildman–Crippen LogP) is 2.30. The summed E-state index contributed by atoms with van der Waals surface area (Å²) in [6.07, 6.45) is 3.16. The fraction of sp³-hybridized carbons (Fsp3) is 1.00. The monoisotopic (exact) mass is 277 g/mol. The third-order valence-corrected chi connectivity index (χ3v) is 5.66. The van der Waals surface area contributed by atoms with E-state index in [1.54, 1.807) is 6.92 Å². The third-order valence-electron chi connectivity index (χ3n) is 4.37. The first-order valence-electron chi connectivity index (χ1n) is 6.73. The zero-order valence-electron chi connectivity index (χ0n) is 11.9. The van der Waals surface area contributed by atoms with Crippen molar-refractivity contribution in [3.05, 3.63) is 0 Å². The minimum absolute atomic E-state index is 0.151. The molecule has 5 heteroatoms. The van der Waals surface area contributed by atoms with Gasteiger partial charge >= 0.3 is 0 Å². The van der Waals surface area contributed by atoms with Crippen molar-refractivity contribution in [2.45, 2.75) is 52.2 Å². The number of nitrogens with two attached hydrogens (primary N) is 1. The summed E-state index contributed by atoms with van der Waals surface area (Å²) in [5.41, 5.74) is 5.99. The van der Waals surface area contributed by atoms with Gasteiger partial charge in [-0.15, -0.1) is 0 Å². The van der Waals surface area contributed by atoms with E-state index in [4.69, 9.17) is 5.73 Å². The molecule has 1 aliphatic rings. The first kappa shape index (κ1) is 15.9. The van der Waals surface area contributed by atoms with Gasteiger partial charge in [0.2, 0.25) is 0 Å². The van der Waals surface area contributed by atoms with Crippen LogP contribution in [0.4, 0.5) is 0 Å². The zero-order chi connectivity index (χ0) is 14.1. The largest absolute Gasteiger partial charge is 0.330 e. The molecule has 1 fully saturated rings. The van der Waals surface area contributed by atoms with Crippen molar-refractivity contribution in [2.24, 2.45) is 28.9 Å². The SMILES string of the molecule is CC1CC(C(CN)C(C)S(=O)(=O)O)CC(C)(C)C1. The van der Waals surface area contributed by atoms with Crippen molar-refractivity contribution in [3.63, 3.8) is 0 Å². The predicted molar refractivity (Wildman–Crippen MR) is 73.8 cm³/mol. The van der Waals surface area contributed by atoms with Crippen LogP contribution in [0.25, 0.3) is 0 Å². The Balaban J connectivity index is 2.89. The van der Waals surface area contributed by atoms with Crippen molar-refractivity contribution >= 4 is 10.1 Å². The van der Waals surface area contributed by atoms with Crippen LogP contribution in [0.1, 0.15) is 47.0 Å². The fourth-order valence-electron chi connectivity index (χ4n) is 3.73. The lowest BCUT2D eigenvalue weighted by Crippen LogP contribution is -2.41. The molecule has 0 bridgehead atoms. The van der Waals surface area contributed by atoms with Crippen molar-refractivity contribution in [3.8, 4) is 0 Å². The lowest BCUT2D eigenvalue weighted by molar-refractivity contribution is 0.0953. The van der Waals surface area contributed by atoms with Crippen LogP contribution in [0.15, 0.2) is 0 Å². The van der Waals surface area contributed by atoms with Crippen LogP contribution in [-0.4, -0.2) is 24.8 Å². The van der Waals surface area contributed by atoms with Gasteiger partial charge in [0.15, 0.2) is 0 Å². The summed E-state index contributed by atoms with van der Waals surface area (Å²) in [7, 11) is -4.00. The van der Waals surface area contributed by atoms with Gasteiger partial charge in [0.25, 0.3) is 10.1 Å². The van der Waals surface area contributed by atoms with Gasteiger partial charge in [-0.2, -0.15) is 8.42 Å². The summed E-state index contributed by atoms with van der Waals surface area (Å²) in [4.78, 5) is 0. The summed E-state index contributed by atoms with van der Waals surface area (Å²) < 4.78 is 31.9. The molecule has 4 unspecified atom stereocenters. The van der Waals surface area contributed by atoms with Gasteiger partial charge < -0.3 is 5.73 Å². The van der Waals surface area contributed by atoms with E-state index in [-0.39, 0.29) is 17.3 Å². The summed E-state index contributed by atoms with van der Waals surface area (Å²) in [6.45, 7) is 8.54. The van der Waals surface area contributed by atoms with Gasteiger partial charge in [-0.25, -0.2) is 0 Å². The summed E-state index contributed by atoms with van der Waals surface area (Å²) >= 11 is 0. The van der Waals surface area contributed by atoms with Crippen LogP contribution in [0.2, 0.25) is 0 Å². The molecule has 108 valence electrons. The zero-order valence-corrected chi connectivity index (χ0v) is 12.7. The van der Waals surface area contributed by atoms with Crippen LogP contribution < -0.4 is 5.73 Å². The number of hydrogen-bond donors (Lipinski definition) is 2. The molecule has 0 amide bonds. The standard InChI is InChI=1S/C13H27NO3S/c1-9-5-11(7-13(3,4)6-9)12(8-14)10(2)18(15,16)17/h9-12H,5-8,14H2,1-4H3,(H,15,16,17). The summed E-state index contributed by atoms with van der Waals surface area (Å²) in [5.74, 6) is 0.717. The highest BCUT2D eigenvalue weighted by atomic mass is 32.2. The first-order valence-corrected chi connectivity index (χ1v) is 8.23. The Morgan fingerprint density at radius 1 is 1.39 bits per heavy atom. The van der Waals surface area contributed by atoms with Crippen molar-refractivity contribution in [1.82, 2.24) is 0 Å². The molecule has 3 N–H and O–H groups in total. The van der Waals surface area contributed by atoms with Gasteiger partial charge in [-0.05, 0) is 55.9 Å². The van der Waals surface area contributed by atoms with Gasteiger partial charge in [0.1, 0.15) is 0 Å². The average molecular weight is 277 g/mol. The Kier molecular flexibility index (Phi) is 4.84. The second-order valence-electron chi connectivity index (χ2n) is 6.79. The Labute approximate surface area is 111 Å². The lowest BCUT2D eigenvalue weighted by Gasteiger charge is -2.43. The van der Waals surface area contributed by atoms with E-state index in [9.17, 15) is 13.0 Å². The molecule has 1 aliphatic carbocycles. The van der Waals surface area contributed by atoms with E-state index in [1.165, 1.54) is 6.42 Å². The molecule has 1 saturated carbocycles. The Morgan fingerprint density at radius 3 is 2.33 bits per heavy atom. The van der Waals surface area contributed by atoms with Crippen molar-refractivity contribution in [2.75, 3.05) is 6.54 Å². The van der Waals surface area contributed by atoms with Crippen LogP contribution in [0, 0.1) is 23.2 Å². The summed E-state index contributed by atoms with van der Waals surface area (Å²) in [6, 6.07) is 0. The molecule has 0 aromatic carbocycles. The highest BCUT2D eigenvalue weighted by Crippen LogP contribution is 2.45. The molecule has 0 spiro atoms. The van der Waals surface area contributed by atoms with Gasteiger partial charge in [0.05, 0.1) is 5.25 Å². The second kappa shape index (κ2) is 5.47. The molecule has 0 heterocycles. The van der Waals surface area contributed by atoms with Gasteiger partial charge in [0, 0.05) is 0 Å². The molecular formula is C13H27NO3S. The topological polar surface area (TPSA) is 80.4 Å². The lowest BCUT2D eigenvalue weighted by atomic mass is 9.64. The Hall–Kier alpha value is -0.130. The van der Waals surface area contributed by atoms with Crippen LogP contribution >= 0.6 is 0 Å². The van der Waals surface area contributed by atoms with Crippen LogP contribution in [0.3, 0.4) is 0 Å². The van der Waals surface area contributed by atoms with Crippen molar-refractivity contribution < 1.29 is 13.0 Å². The molecule has 4 atom stereocenters. The van der Waals surface area contributed by atoms with Gasteiger partial charge in [-0.1, -0.05) is 20.8 Å². The number of rotatable bonds is 4. The average Bonchev–Trinajstić information content (AvgIpc) is 2.13. The number of hydrogen-bond acceptors (Lipinski definition) is 3. The molecule has 18 heavy (non-hydrogen) atoms. The van der Waals surface area contributed by atoms with Crippen molar-refractivity contribution in [1.29, 1.82) is 0 Å². The van der Waals surface area contributed by atoms with E-state index >= 15 is 0 Å². The van der Waals surface area contributed by atoms with Crippen LogP contribution in [0.5, 0.6) is 0 Å². The van der Waals surface area contributed by atoms with E-state index in [2.05, 4.69) is 20.8 Å². The molecule has 1 rings (SSSR count). The highest BCUT2D eigenvalue weighted by molar-refractivity contribution is 7.86. The van der Waals surface area contributed by atoms with Crippen LogP contribution in [-0.2, 0) is 10.1 Å². The maximum Gasteiger partial charge on any atom is 0.267 e. The minimum atomic E-state index is -4.00. The summed E-state index contributed by atoms with van der Waals surface area (Å²) in [5, 5.41) is -0.770. The quantitative estimate of drug-likeness (QED) is 0.773. The van der Waals surface area contributed by atoms with Gasteiger partial charge in [-0.3, -0.25) is 4.55 Å². The molecule has 4 nitrogen and oxygen atoms in total. The molecule has 0 aromatic rings. The molecular weight excluding hydrogens is 250 g/mol. The molecule has 0 aromatic heterocycles. The Morgan fingerprint density at radius 2 is 1.94 bits per heavy atom. The van der Waals surface area contributed by atoms with E-state index in [1.807, 2.05) is 0 Å². The molecule has 0 aliphatic heterocycles. The molecule has 0 saturated heterocycles. The second-order valence-corrected chi connectivity index (χ2v) is 8.57. The van der Waals surface area contributed by atoms with E-state index in [0.717, 1.165) is 12.8 Å². The Bertz CT molecular complexity index is 378. The third kappa shape index (κ3) is 3.93. The minimum Gasteiger partial charge on any atom is -0.330 e. The van der Waals surface area contributed by atoms with E-state index in [0.29, 0.717) is 12.5 Å². The van der Waals surface area contributed by atoms with E-state index < -0.39 is 15.4 Å². The highest BCUT2D eigenvalue weighted by Gasteiger charge is 2.40. The maximum absolute atomic E-state index is 11.3.